The molecule has 0 saturated carbocycles. The highest BCUT2D eigenvalue weighted by molar-refractivity contribution is 7.88. The molecule has 0 atom stereocenters. The summed E-state index contributed by atoms with van der Waals surface area (Å²) in [4.78, 5) is 0. The normalized spacial score (nSPS) is 11.6. The second kappa shape index (κ2) is 6.77. The van der Waals surface area contributed by atoms with Crippen molar-refractivity contribution in [1.29, 1.82) is 0 Å². The Labute approximate surface area is 115 Å². The lowest BCUT2D eigenvalue weighted by atomic mass is 10.2. The Hall–Kier alpha value is -1.27. The number of benzene rings is 1. The molecule has 1 rings (SSSR count). The van der Waals surface area contributed by atoms with Crippen molar-refractivity contribution in [3.8, 4) is 11.5 Å². The molecule has 0 spiro atoms. The van der Waals surface area contributed by atoms with E-state index in [1.54, 1.807) is 26.4 Å². The van der Waals surface area contributed by atoms with E-state index in [4.69, 9.17) is 9.47 Å². The van der Waals surface area contributed by atoms with Crippen molar-refractivity contribution in [3.63, 3.8) is 0 Å². The van der Waals surface area contributed by atoms with E-state index in [1.807, 2.05) is 13.0 Å². The molecule has 0 unspecified atom stereocenters. The molecule has 0 aliphatic carbocycles. The van der Waals surface area contributed by atoms with E-state index in [-0.39, 0.29) is 0 Å². The minimum Gasteiger partial charge on any atom is -0.497 e. The lowest BCUT2D eigenvalue weighted by Gasteiger charge is -2.20. The molecule has 108 valence electrons. The SMILES string of the molecule is CCCN(Cc1ccc(OC)cc1OC)S(C)(=O)=O. The fourth-order valence-corrected chi connectivity index (χ4v) is 2.67. The molecule has 0 saturated heterocycles. The second-order valence-electron chi connectivity index (χ2n) is 4.27. The molecule has 0 bridgehead atoms. The number of rotatable bonds is 7. The Balaban J connectivity index is 3.02. The van der Waals surface area contributed by atoms with Crippen LogP contribution in [0.3, 0.4) is 0 Å². The van der Waals surface area contributed by atoms with Crippen LogP contribution in [0.25, 0.3) is 0 Å². The predicted octanol–water partition coefficient (Wildman–Crippen LogP) is 1.88. The van der Waals surface area contributed by atoms with Gasteiger partial charge in [-0.2, -0.15) is 4.31 Å². The Morgan fingerprint density at radius 2 is 1.89 bits per heavy atom. The van der Waals surface area contributed by atoms with Crippen molar-refractivity contribution in [3.05, 3.63) is 23.8 Å². The van der Waals surface area contributed by atoms with Gasteiger partial charge in [-0.3, -0.25) is 0 Å². The summed E-state index contributed by atoms with van der Waals surface area (Å²) in [5, 5.41) is 0. The van der Waals surface area contributed by atoms with Crippen molar-refractivity contribution < 1.29 is 17.9 Å². The molecular formula is C13H21NO4S. The molecule has 19 heavy (non-hydrogen) atoms. The molecule has 0 aromatic heterocycles. The first-order chi connectivity index (χ1) is 8.92. The van der Waals surface area contributed by atoms with Gasteiger partial charge in [0.25, 0.3) is 0 Å². The van der Waals surface area contributed by atoms with Gasteiger partial charge in [0.2, 0.25) is 10.0 Å². The molecule has 1 aromatic rings. The van der Waals surface area contributed by atoms with E-state index in [0.29, 0.717) is 24.6 Å². The first-order valence-electron chi connectivity index (χ1n) is 6.08. The van der Waals surface area contributed by atoms with Crippen LogP contribution in [0.1, 0.15) is 18.9 Å². The molecule has 1 aromatic carbocycles. The third kappa shape index (κ3) is 4.40. The van der Waals surface area contributed by atoms with Crippen molar-refractivity contribution in [2.45, 2.75) is 19.9 Å². The second-order valence-corrected chi connectivity index (χ2v) is 6.26. The molecule has 0 fully saturated rings. The van der Waals surface area contributed by atoms with Crippen molar-refractivity contribution in [2.24, 2.45) is 0 Å². The number of hydrogen-bond donors (Lipinski definition) is 0. The van der Waals surface area contributed by atoms with Gasteiger partial charge in [0, 0.05) is 24.7 Å². The summed E-state index contributed by atoms with van der Waals surface area (Å²) >= 11 is 0. The van der Waals surface area contributed by atoms with Gasteiger partial charge in [0.15, 0.2) is 0 Å². The van der Waals surface area contributed by atoms with Crippen molar-refractivity contribution >= 4 is 10.0 Å². The average Bonchev–Trinajstić information content (AvgIpc) is 2.37. The van der Waals surface area contributed by atoms with Crippen LogP contribution >= 0.6 is 0 Å². The fourth-order valence-electron chi connectivity index (χ4n) is 1.78. The van der Waals surface area contributed by atoms with E-state index in [9.17, 15) is 8.42 Å². The summed E-state index contributed by atoms with van der Waals surface area (Å²) in [7, 11) is -0.0833. The summed E-state index contributed by atoms with van der Waals surface area (Å²) in [5.74, 6) is 1.31. The first-order valence-corrected chi connectivity index (χ1v) is 7.93. The van der Waals surface area contributed by atoms with E-state index < -0.39 is 10.0 Å². The maximum atomic E-state index is 11.7. The lowest BCUT2D eigenvalue weighted by Crippen LogP contribution is -2.30. The van der Waals surface area contributed by atoms with E-state index >= 15 is 0 Å². The maximum absolute atomic E-state index is 11.7. The van der Waals surface area contributed by atoms with Crippen LogP contribution in [0.4, 0.5) is 0 Å². The first kappa shape index (κ1) is 15.8. The van der Waals surface area contributed by atoms with Gasteiger partial charge in [0.05, 0.1) is 20.5 Å². The largest absolute Gasteiger partial charge is 0.497 e. The summed E-state index contributed by atoms with van der Waals surface area (Å²) in [6, 6.07) is 5.37. The zero-order valence-corrected chi connectivity index (χ0v) is 12.7. The summed E-state index contributed by atoms with van der Waals surface area (Å²) < 4.78 is 35.3. The maximum Gasteiger partial charge on any atom is 0.211 e. The lowest BCUT2D eigenvalue weighted by molar-refractivity contribution is 0.373. The Morgan fingerprint density at radius 1 is 1.21 bits per heavy atom. The highest BCUT2D eigenvalue weighted by Gasteiger charge is 2.18. The number of sulfonamides is 1. The van der Waals surface area contributed by atoms with Crippen molar-refractivity contribution in [2.75, 3.05) is 27.0 Å². The number of methoxy groups -OCH3 is 2. The minimum absolute atomic E-state index is 0.305. The molecule has 0 heterocycles. The molecule has 0 aliphatic heterocycles. The van der Waals surface area contributed by atoms with Gasteiger partial charge in [-0.1, -0.05) is 13.0 Å². The van der Waals surface area contributed by atoms with E-state index in [2.05, 4.69) is 0 Å². The molecular weight excluding hydrogens is 266 g/mol. The molecule has 0 amide bonds. The number of hydrogen-bond acceptors (Lipinski definition) is 4. The van der Waals surface area contributed by atoms with Gasteiger partial charge >= 0.3 is 0 Å². The quantitative estimate of drug-likeness (QED) is 0.768. The minimum atomic E-state index is -3.22. The molecule has 5 nitrogen and oxygen atoms in total. The Kier molecular flexibility index (Phi) is 5.62. The van der Waals surface area contributed by atoms with Crippen LogP contribution in [-0.2, 0) is 16.6 Å². The molecule has 0 radical (unpaired) electrons. The van der Waals surface area contributed by atoms with Gasteiger partial charge in [-0.25, -0.2) is 8.42 Å². The van der Waals surface area contributed by atoms with E-state index in [1.165, 1.54) is 10.6 Å². The Bertz CT molecular complexity index is 513. The number of ether oxygens (including phenoxy) is 2. The predicted molar refractivity (Wildman–Crippen MR) is 75.1 cm³/mol. The van der Waals surface area contributed by atoms with Crippen LogP contribution in [-0.4, -0.2) is 39.7 Å². The average molecular weight is 287 g/mol. The molecule has 0 N–H and O–H groups in total. The topological polar surface area (TPSA) is 55.8 Å². The highest BCUT2D eigenvalue weighted by atomic mass is 32.2. The van der Waals surface area contributed by atoms with Crippen LogP contribution in [0.5, 0.6) is 11.5 Å². The zero-order chi connectivity index (χ0) is 14.5. The fraction of sp³-hybridized carbons (Fsp3) is 0.538. The highest BCUT2D eigenvalue weighted by Crippen LogP contribution is 2.26. The van der Waals surface area contributed by atoms with Crippen LogP contribution < -0.4 is 9.47 Å². The van der Waals surface area contributed by atoms with E-state index in [0.717, 1.165) is 12.0 Å². The van der Waals surface area contributed by atoms with Crippen LogP contribution in [0.15, 0.2) is 18.2 Å². The summed E-state index contributed by atoms with van der Waals surface area (Å²) in [6.45, 7) is 2.75. The molecule has 0 aliphatic rings. The smallest absolute Gasteiger partial charge is 0.211 e. The van der Waals surface area contributed by atoms with Crippen molar-refractivity contribution in [1.82, 2.24) is 4.31 Å². The van der Waals surface area contributed by atoms with Crippen LogP contribution in [0.2, 0.25) is 0 Å². The summed E-state index contributed by atoms with van der Waals surface area (Å²) in [6.07, 6.45) is 1.99. The van der Waals surface area contributed by atoms with Gasteiger partial charge in [-0.15, -0.1) is 0 Å². The molecule has 6 heteroatoms. The standard InChI is InChI=1S/C13H21NO4S/c1-5-8-14(19(4,15)16)10-11-6-7-12(17-2)9-13(11)18-3/h6-7,9H,5,8,10H2,1-4H3. The monoisotopic (exact) mass is 287 g/mol. The third-order valence-electron chi connectivity index (χ3n) is 2.78. The van der Waals surface area contributed by atoms with Gasteiger partial charge < -0.3 is 9.47 Å². The Morgan fingerprint density at radius 3 is 2.37 bits per heavy atom. The number of nitrogens with zero attached hydrogens (tertiary/aromatic N) is 1. The summed E-state index contributed by atoms with van der Waals surface area (Å²) in [5.41, 5.74) is 0.821. The van der Waals surface area contributed by atoms with Gasteiger partial charge in [-0.05, 0) is 12.5 Å². The third-order valence-corrected chi connectivity index (χ3v) is 4.03. The van der Waals surface area contributed by atoms with Gasteiger partial charge in [0.1, 0.15) is 11.5 Å². The zero-order valence-electron chi connectivity index (χ0n) is 11.8. The van der Waals surface area contributed by atoms with Crippen LogP contribution in [0, 0.1) is 0 Å².